The normalized spacial score (nSPS) is 26.8. The van der Waals surface area contributed by atoms with Gasteiger partial charge in [-0.3, -0.25) is 24.0 Å². The highest BCUT2D eigenvalue weighted by Crippen LogP contribution is 2.55. The molecule has 0 aromatic heterocycles. The van der Waals surface area contributed by atoms with Gasteiger partial charge < -0.3 is 24.1 Å². The van der Waals surface area contributed by atoms with Crippen molar-refractivity contribution >= 4 is 29.8 Å². The Kier molecular flexibility index (Phi) is 10.1. The van der Waals surface area contributed by atoms with E-state index in [4.69, 9.17) is 24.1 Å². The molecule has 0 spiro atoms. The summed E-state index contributed by atoms with van der Waals surface area (Å²) in [6.07, 6.45) is 2.50. The number of carbonyl (C=O) groups is 5. The predicted molar refractivity (Wildman–Crippen MR) is 122 cm³/mol. The number of esters is 4. The van der Waals surface area contributed by atoms with E-state index in [1.54, 1.807) is 13.8 Å². The van der Waals surface area contributed by atoms with Crippen LogP contribution in [0.3, 0.4) is 0 Å². The van der Waals surface area contributed by atoms with E-state index in [1.807, 2.05) is 20.8 Å². The van der Waals surface area contributed by atoms with Crippen LogP contribution in [0.25, 0.3) is 0 Å². The summed E-state index contributed by atoms with van der Waals surface area (Å²) >= 11 is 0. The second-order valence-electron chi connectivity index (χ2n) is 10.1. The number of rotatable bonds is 11. The lowest BCUT2D eigenvalue weighted by Gasteiger charge is -2.26. The second kappa shape index (κ2) is 12.4. The van der Waals surface area contributed by atoms with Crippen molar-refractivity contribution in [2.24, 2.45) is 29.1 Å². The fraction of sp³-hybridized carbons (Fsp3) is 0.800. The molecule has 1 heterocycles. The minimum absolute atomic E-state index is 0.0128. The van der Waals surface area contributed by atoms with E-state index in [9.17, 15) is 24.0 Å². The summed E-state index contributed by atoms with van der Waals surface area (Å²) in [6.45, 7) is 9.21. The van der Waals surface area contributed by atoms with Crippen molar-refractivity contribution in [2.45, 2.75) is 85.4 Å². The minimum atomic E-state index is -1.05. The van der Waals surface area contributed by atoms with E-state index >= 15 is 0 Å². The number of carboxylic acid groups (broad SMARTS) is 1. The highest BCUT2D eigenvalue weighted by atomic mass is 16.6. The van der Waals surface area contributed by atoms with Gasteiger partial charge in [-0.15, -0.1) is 0 Å². The van der Waals surface area contributed by atoms with Crippen molar-refractivity contribution in [2.75, 3.05) is 13.2 Å². The zero-order chi connectivity index (χ0) is 26.3. The first-order chi connectivity index (χ1) is 16.4. The molecule has 1 aliphatic heterocycles. The Morgan fingerprint density at radius 3 is 2.34 bits per heavy atom. The highest BCUT2D eigenvalue weighted by molar-refractivity contribution is 5.78. The third-order valence-corrected chi connectivity index (χ3v) is 7.24. The van der Waals surface area contributed by atoms with Gasteiger partial charge in [-0.1, -0.05) is 20.8 Å². The van der Waals surface area contributed by atoms with Gasteiger partial charge in [0.05, 0.1) is 30.1 Å². The lowest BCUT2D eigenvalue weighted by molar-refractivity contribution is -0.165. The van der Waals surface area contributed by atoms with Crippen LogP contribution in [-0.2, 0) is 42.9 Å². The minimum Gasteiger partial charge on any atom is -0.481 e. The molecule has 0 aromatic rings. The monoisotopic (exact) mass is 498 g/mol. The summed E-state index contributed by atoms with van der Waals surface area (Å²) in [4.78, 5) is 56.1. The molecule has 6 unspecified atom stereocenters. The summed E-state index contributed by atoms with van der Waals surface area (Å²) < 4.78 is 20.6. The first-order valence-corrected chi connectivity index (χ1v) is 12.4. The molecule has 10 heteroatoms. The first kappa shape index (κ1) is 28.6. The van der Waals surface area contributed by atoms with E-state index in [-0.39, 0.29) is 68.0 Å². The lowest BCUT2D eigenvalue weighted by Crippen LogP contribution is -2.37. The summed E-state index contributed by atoms with van der Waals surface area (Å²) in [6, 6.07) is 0. The molecule has 0 amide bonds. The molecule has 0 radical (unpaired) electrons. The van der Waals surface area contributed by atoms with Crippen molar-refractivity contribution in [1.82, 2.24) is 0 Å². The molecule has 6 atom stereocenters. The molecule has 0 aromatic carbocycles. The number of hydrogen-bond acceptors (Lipinski definition) is 9. The van der Waals surface area contributed by atoms with Crippen molar-refractivity contribution in [3.63, 3.8) is 0 Å². The van der Waals surface area contributed by atoms with Crippen LogP contribution in [0.15, 0.2) is 0 Å². The van der Waals surface area contributed by atoms with E-state index in [1.165, 1.54) is 0 Å². The molecule has 2 aliphatic carbocycles. The van der Waals surface area contributed by atoms with E-state index in [0.717, 1.165) is 19.3 Å². The summed E-state index contributed by atoms with van der Waals surface area (Å²) in [5.74, 6) is -1.56. The quantitative estimate of drug-likeness (QED) is 0.257. The Morgan fingerprint density at radius 2 is 1.74 bits per heavy atom. The summed E-state index contributed by atoms with van der Waals surface area (Å²) in [5, 5.41) is 8.35. The SMILES string of the molecule is CCC(C)(C)C(=O)OCCOC(=O)CCC(=O)O.CCC(C)C(=O)OC1C2CC3C(=O)OC1C3C2. The molecular formula is C25H38O10. The fourth-order valence-electron chi connectivity index (χ4n) is 4.39. The number of hydrogen-bond donors (Lipinski definition) is 1. The number of ether oxygens (including phenoxy) is 4. The van der Waals surface area contributed by atoms with Gasteiger partial charge in [0.1, 0.15) is 25.4 Å². The smallest absolute Gasteiger partial charge is 0.311 e. The molecule has 2 saturated carbocycles. The Balaban J connectivity index is 0.000000247. The Bertz CT molecular complexity index is 804. The van der Waals surface area contributed by atoms with E-state index < -0.39 is 17.4 Å². The van der Waals surface area contributed by atoms with Gasteiger partial charge in [-0.25, -0.2) is 0 Å². The van der Waals surface area contributed by atoms with Crippen LogP contribution in [0, 0.1) is 29.1 Å². The van der Waals surface area contributed by atoms with Gasteiger partial charge in [0, 0.05) is 11.8 Å². The van der Waals surface area contributed by atoms with Gasteiger partial charge in [-0.05, 0) is 39.5 Å². The van der Waals surface area contributed by atoms with Crippen LogP contribution in [0.5, 0.6) is 0 Å². The largest absolute Gasteiger partial charge is 0.481 e. The van der Waals surface area contributed by atoms with Crippen LogP contribution in [0.1, 0.15) is 73.1 Å². The Hall–Kier alpha value is -2.65. The van der Waals surface area contributed by atoms with Gasteiger partial charge >= 0.3 is 29.8 Å². The molecule has 3 aliphatic rings. The van der Waals surface area contributed by atoms with Crippen LogP contribution >= 0.6 is 0 Å². The Morgan fingerprint density at radius 1 is 1.09 bits per heavy atom. The van der Waals surface area contributed by atoms with Gasteiger partial charge in [-0.2, -0.15) is 0 Å². The van der Waals surface area contributed by atoms with Crippen LogP contribution in [0.2, 0.25) is 0 Å². The standard InChI is InChI=1S/C13H18O4.C12H20O6/c1-3-6(2)12(14)16-10-7-4-8-9(5-7)13(15)17-11(8)10;1-4-12(2,3)11(16)18-8-7-17-10(15)6-5-9(13)14/h6-11H,3-5H2,1-2H3;4-8H2,1-3H3,(H,13,14). The van der Waals surface area contributed by atoms with Gasteiger partial charge in [0.2, 0.25) is 0 Å². The molecule has 10 nitrogen and oxygen atoms in total. The molecule has 2 bridgehead atoms. The van der Waals surface area contributed by atoms with Gasteiger partial charge in [0.25, 0.3) is 0 Å². The topological polar surface area (TPSA) is 142 Å². The Labute approximate surface area is 206 Å². The summed E-state index contributed by atoms with van der Waals surface area (Å²) in [7, 11) is 0. The second-order valence-corrected chi connectivity index (χ2v) is 10.1. The van der Waals surface area contributed by atoms with Crippen molar-refractivity contribution in [3.8, 4) is 0 Å². The van der Waals surface area contributed by atoms with E-state index in [2.05, 4.69) is 0 Å². The average molecular weight is 499 g/mol. The number of carbonyl (C=O) groups excluding carboxylic acids is 4. The molecular weight excluding hydrogens is 460 g/mol. The molecule has 3 fully saturated rings. The van der Waals surface area contributed by atoms with Gasteiger partial charge in [0.15, 0.2) is 0 Å². The maximum atomic E-state index is 11.8. The van der Waals surface area contributed by atoms with Crippen LogP contribution < -0.4 is 0 Å². The molecule has 1 N–H and O–H groups in total. The molecule has 1 saturated heterocycles. The molecule has 35 heavy (non-hydrogen) atoms. The number of aliphatic carboxylic acids is 1. The number of fused-ring (bicyclic) bond motifs is 1. The maximum Gasteiger partial charge on any atom is 0.311 e. The lowest BCUT2D eigenvalue weighted by atomic mass is 9.88. The van der Waals surface area contributed by atoms with E-state index in [0.29, 0.717) is 18.3 Å². The van der Waals surface area contributed by atoms with Crippen molar-refractivity contribution in [3.05, 3.63) is 0 Å². The third kappa shape index (κ3) is 7.41. The summed E-state index contributed by atoms with van der Waals surface area (Å²) in [5.41, 5.74) is -0.548. The average Bonchev–Trinajstić information content (AvgIpc) is 3.45. The zero-order valence-electron chi connectivity index (χ0n) is 21.2. The highest BCUT2D eigenvalue weighted by Gasteiger charge is 2.63. The first-order valence-electron chi connectivity index (χ1n) is 12.4. The maximum absolute atomic E-state index is 11.8. The number of carboxylic acids is 1. The molecule has 198 valence electrons. The van der Waals surface area contributed by atoms with Crippen molar-refractivity contribution < 1.29 is 48.0 Å². The van der Waals surface area contributed by atoms with Crippen molar-refractivity contribution in [1.29, 1.82) is 0 Å². The van der Waals surface area contributed by atoms with Crippen LogP contribution in [0.4, 0.5) is 0 Å². The van der Waals surface area contributed by atoms with Crippen LogP contribution in [-0.4, -0.2) is 60.4 Å². The predicted octanol–water partition coefficient (Wildman–Crippen LogP) is 2.90. The zero-order valence-corrected chi connectivity index (χ0v) is 21.2. The fourth-order valence-corrected chi connectivity index (χ4v) is 4.39. The third-order valence-electron chi connectivity index (χ3n) is 7.24. The molecule has 3 rings (SSSR count).